The zero-order valence-electron chi connectivity index (χ0n) is 18.0. The Balaban J connectivity index is 1.84. The van der Waals surface area contributed by atoms with Gasteiger partial charge in [0.05, 0.1) is 0 Å². The molecule has 0 bridgehead atoms. The predicted octanol–water partition coefficient (Wildman–Crippen LogP) is 4.57. The van der Waals surface area contributed by atoms with Crippen LogP contribution < -0.4 is 9.81 Å². The summed E-state index contributed by atoms with van der Waals surface area (Å²) in [5.41, 5.74) is 1.46. The number of rotatable bonds is 5. The van der Waals surface area contributed by atoms with Crippen LogP contribution in [-0.4, -0.2) is 40.7 Å². The van der Waals surface area contributed by atoms with E-state index >= 15 is 0 Å². The van der Waals surface area contributed by atoms with E-state index in [1.165, 1.54) is 27.1 Å². The summed E-state index contributed by atoms with van der Waals surface area (Å²) in [4.78, 5) is 2.28. The molecule has 0 radical (unpaired) electrons. The van der Waals surface area contributed by atoms with Gasteiger partial charge in [-0.3, -0.25) is 0 Å². The van der Waals surface area contributed by atoms with Crippen molar-refractivity contribution in [1.29, 1.82) is 0 Å². The molecular weight excluding hydrogens is 571 g/mol. The summed E-state index contributed by atoms with van der Waals surface area (Å²) >= 11 is -2.62. The Morgan fingerprint density at radius 3 is 1.55 bits per heavy atom. The minimum atomic E-state index is -2.62. The summed E-state index contributed by atoms with van der Waals surface area (Å²) in [7, 11) is 4.33. The van der Waals surface area contributed by atoms with Crippen molar-refractivity contribution in [1.82, 2.24) is 4.90 Å². The maximum absolute atomic E-state index is 2.62. The molecule has 2 heteroatoms. The minimum absolute atomic E-state index is 0.970. The van der Waals surface area contributed by atoms with E-state index in [0.717, 1.165) is 6.54 Å². The molecule has 5 rings (SSSR count). The number of benzene rings is 5. The first kappa shape index (κ1) is 20.4. The van der Waals surface area contributed by atoms with Gasteiger partial charge in [0.1, 0.15) is 0 Å². The van der Waals surface area contributed by atoms with Gasteiger partial charge in [0.2, 0.25) is 0 Å². The first-order chi connectivity index (χ1) is 15.2. The van der Waals surface area contributed by atoms with E-state index in [0.29, 0.717) is 0 Å². The fourth-order valence-corrected chi connectivity index (χ4v) is 15.3. The molecule has 0 spiro atoms. The topological polar surface area (TPSA) is 3.24 Å². The Morgan fingerprint density at radius 1 is 0.516 bits per heavy atom. The van der Waals surface area contributed by atoms with E-state index in [2.05, 4.69) is 128 Å². The van der Waals surface area contributed by atoms with E-state index in [1.54, 1.807) is 9.81 Å². The van der Waals surface area contributed by atoms with E-state index < -0.39 is 21.8 Å². The van der Waals surface area contributed by atoms with E-state index in [9.17, 15) is 0 Å². The van der Waals surface area contributed by atoms with Crippen molar-refractivity contribution >= 4 is 53.1 Å². The number of hydrogen-bond acceptors (Lipinski definition) is 1. The van der Waals surface area contributed by atoms with Gasteiger partial charge in [0.25, 0.3) is 0 Å². The molecule has 0 saturated carbocycles. The molecule has 0 heterocycles. The molecule has 0 N–H and O–H groups in total. The standard InChI is InChI=1S/2C10H7.C9H12N.Bi/c2*1-2-6-10-8-4-3-7-9(10)5-1;1-10(2)8-9-6-4-3-5-7-9;/h2*1-7H;3-6H,8H2,1-2H3;. The molecule has 0 aliphatic heterocycles. The van der Waals surface area contributed by atoms with Gasteiger partial charge in [-0.2, -0.15) is 0 Å². The number of hydrogen-bond donors (Lipinski definition) is 0. The molecule has 0 aliphatic carbocycles. The number of nitrogens with zero attached hydrogens (tertiary/aromatic N) is 1. The average Bonchev–Trinajstić information content (AvgIpc) is 2.80. The summed E-state index contributed by atoms with van der Waals surface area (Å²) < 4.78 is 4.71. The average molecular weight is 598 g/mol. The van der Waals surface area contributed by atoms with Crippen LogP contribution in [0.5, 0.6) is 0 Å². The van der Waals surface area contributed by atoms with E-state index in [-0.39, 0.29) is 0 Å². The zero-order valence-corrected chi connectivity index (χ0v) is 21.5. The molecule has 0 amide bonds. The molecule has 31 heavy (non-hydrogen) atoms. The van der Waals surface area contributed by atoms with Gasteiger partial charge in [-0.1, -0.05) is 0 Å². The van der Waals surface area contributed by atoms with Gasteiger partial charge in [-0.05, 0) is 0 Å². The third-order valence-electron chi connectivity index (χ3n) is 5.73. The Kier molecular flexibility index (Phi) is 5.85. The van der Waals surface area contributed by atoms with Crippen LogP contribution in [0.3, 0.4) is 0 Å². The maximum atomic E-state index is 2.40. The van der Waals surface area contributed by atoms with Crippen LogP contribution in [0.15, 0.2) is 109 Å². The number of fused-ring (bicyclic) bond motifs is 2. The van der Waals surface area contributed by atoms with Crippen LogP contribution in [0, 0.1) is 0 Å². The summed E-state index contributed by atoms with van der Waals surface area (Å²) in [6.45, 7) is 0.970. The van der Waals surface area contributed by atoms with Gasteiger partial charge in [0.15, 0.2) is 0 Å². The Bertz CT molecular complexity index is 1270. The van der Waals surface area contributed by atoms with Crippen LogP contribution in [0.4, 0.5) is 0 Å². The monoisotopic (exact) mass is 597 g/mol. The van der Waals surface area contributed by atoms with E-state index in [4.69, 9.17) is 0 Å². The van der Waals surface area contributed by atoms with Crippen LogP contribution in [0.2, 0.25) is 0 Å². The van der Waals surface area contributed by atoms with Crippen molar-refractivity contribution in [2.75, 3.05) is 14.1 Å². The van der Waals surface area contributed by atoms with Crippen molar-refractivity contribution in [2.24, 2.45) is 0 Å². The SMILES string of the molecule is CN(C)Cc1cccc[c]1[Bi]([c]1cccc2ccccc12)[c]1cccc2ccccc12. The molecule has 152 valence electrons. The van der Waals surface area contributed by atoms with Gasteiger partial charge >= 0.3 is 193 Å². The predicted molar refractivity (Wildman–Crippen MR) is 136 cm³/mol. The van der Waals surface area contributed by atoms with Crippen molar-refractivity contribution in [3.63, 3.8) is 0 Å². The Morgan fingerprint density at radius 2 is 0.968 bits per heavy atom. The van der Waals surface area contributed by atoms with Crippen LogP contribution in [-0.2, 0) is 6.54 Å². The van der Waals surface area contributed by atoms with Crippen molar-refractivity contribution in [2.45, 2.75) is 6.54 Å². The summed E-state index contributed by atoms with van der Waals surface area (Å²) in [5, 5.41) is 5.50. The van der Waals surface area contributed by atoms with Gasteiger partial charge in [-0.25, -0.2) is 0 Å². The van der Waals surface area contributed by atoms with Gasteiger partial charge in [-0.15, -0.1) is 0 Å². The summed E-state index contributed by atoms with van der Waals surface area (Å²) in [6.07, 6.45) is 0. The van der Waals surface area contributed by atoms with Crippen molar-refractivity contribution < 1.29 is 0 Å². The van der Waals surface area contributed by atoms with Crippen molar-refractivity contribution in [3.05, 3.63) is 115 Å². The molecule has 5 aromatic carbocycles. The first-order valence-electron chi connectivity index (χ1n) is 10.7. The normalized spacial score (nSPS) is 11.6. The Labute approximate surface area is 192 Å². The molecule has 0 atom stereocenters. The third-order valence-corrected chi connectivity index (χ3v) is 16.1. The molecule has 0 unspecified atom stereocenters. The fraction of sp³-hybridized carbons (Fsp3) is 0.103. The van der Waals surface area contributed by atoms with Crippen LogP contribution in [0.1, 0.15) is 5.56 Å². The van der Waals surface area contributed by atoms with Gasteiger partial charge < -0.3 is 0 Å². The zero-order chi connectivity index (χ0) is 21.2. The quantitative estimate of drug-likeness (QED) is 0.269. The summed E-state index contributed by atoms with van der Waals surface area (Å²) in [5.74, 6) is 0. The fourth-order valence-electron chi connectivity index (χ4n) is 4.40. The summed E-state index contributed by atoms with van der Waals surface area (Å²) in [6, 6.07) is 40.7. The van der Waals surface area contributed by atoms with Crippen LogP contribution in [0.25, 0.3) is 21.5 Å². The molecule has 5 aromatic rings. The molecular formula is C29H26BiN. The molecule has 1 nitrogen and oxygen atoms in total. The molecule has 0 aliphatic rings. The molecule has 0 saturated heterocycles. The van der Waals surface area contributed by atoms with Crippen molar-refractivity contribution in [3.8, 4) is 0 Å². The first-order valence-corrected chi connectivity index (χ1v) is 15.9. The van der Waals surface area contributed by atoms with Gasteiger partial charge in [0, 0.05) is 0 Å². The molecule has 0 fully saturated rings. The Hall–Kier alpha value is -2.54. The second kappa shape index (κ2) is 8.91. The molecule has 0 aromatic heterocycles. The van der Waals surface area contributed by atoms with E-state index in [1.807, 2.05) is 0 Å². The second-order valence-electron chi connectivity index (χ2n) is 8.20. The second-order valence-corrected chi connectivity index (χ2v) is 16.4. The van der Waals surface area contributed by atoms with Crippen LogP contribution >= 0.6 is 0 Å². The third kappa shape index (κ3) is 4.03.